The van der Waals surface area contributed by atoms with Gasteiger partial charge in [0, 0.05) is 39.1 Å². The summed E-state index contributed by atoms with van der Waals surface area (Å²) >= 11 is 0. The molecule has 0 saturated carbocycles. The van der Waals surface area contributed by atoms with Crippen LogP contribution in [0, 0.1) is 11.3 Å². The highest BCUT2D eigenvalue weighted by atomic mass is 127. The highest BCUT2D eigenvalue weighted by Crippen LogP contribution is 2.32. The number of nitrogens with zero attached hydrogens (tertiary/aromatic N) is 4. The van der Waals surface area contributed by atoms with Crippen LogP contribution in [0.2, 0.25) is 0 Å². The van der Waals surface area contributed by atoms with E-state index in [0.717, 1.165) is 38.0 Å². The molecule has 0 aliphatic carbocycles. The van der Waals surface area contributed by atoms with Crippen LogP contribution in [0.25, 0.3) is 0 Å². The summed E-state index contributed by atoms with van der Waals surface area (Å²) < 4.78 is 2.23. The summed E-state index contributed by atoms with van der Waals surface area (Å²) in [6, 6.07) is 0. The van der Waals surface area contributed by atoms with Crippen molar-refractivity contribution in [2.24, 2.45) is 16.3 Å². The van der Waals surface area contributed by atoms with E-state index >= 15 is 0 Å². The van der Waals surface area contributed by atoms with Crippen LogP contribution < -0.4 is 5.32 Å². The van der Waals surface area contributed by atoms with E-state index in [1.807, 2.05) is 13.2 Å². The molecule has 0 amide bonds. The second-order valence-corrected chi connectivity index (χ2v) is 7.13. The Morgan fingerprint density at radius 1 is 1.48 bits per heavy atom. The first-order valence-corrected chi connectivity index (χ1v) is 8.43. The summed E-state index contributed by atoms with van der Waals surface area (Å²) in [7, 11) is 1.87. The van der Waals surface area contributed by atoms with Crippen LogP contribution in [0.1, 0.15) is 46.4 Å². The lowest BCUT2D eigenvalue weighted by molar-refractivity contribution is 0.322. The fraction of sp³-hybridized carbons (Fsp3) is 0.765. The minimum Gasteiger partial charge on any atom is -0.349 e. The number of nitrogens with one attached hydrogen (secondary N) is 1. The van der Waals surface area contributed by atoms with Crippen molar-refractivity contribution >= 4 is 29.9 Å². The quantitative estimate of drug-likeness (QED) is 0.440. The average Bonchev–Trinajstić information content (AvgIpc) is 3.07. The Morgan fingerprint density at radius 3 is 2.78 bits per heavy atom. The normalized spacial score (nSPS) is 21.7. The average molecular weight is 433 g/mol. The fourth-order valence-corrected chi connectivity index (χ4v) is 3.05. The lowest BCUT2D eigenvalue weighted by atomic mass is 9.87. The maximum Gasteiger partial charge on any atom is 0.194 e. The van der Waals surface area contributed by atoms with Crippen molar-refractivity contribution in [1.29, 1.82) is 0 Å². The standard InChI is InChI=1S/C17H31N5.HI/c1-6-17(4)7-9-22(13-17)16(18-5)20-11-15-19-8-10-21(15)12-14(2)3;/h8,10,14H,6-7,9,11-13H2,1-5H3,(H,18,20);1H. The van der Waals surface area contributed by atoms with Gasteiger partial charge in [0.2, 0.25) is 0 Å². The minimum atomic E-state index is 0. The van der Waals surface area contributed by atoms with Crippen molar-refractivity contribution in [3.8, 4) is 0 Å². The zero-order valence-electron chi connectivity index (χ0n) is 15.2. The monoisotopic (exact) mass is 433 g/mol. The van der Waals surface area contributed by atoms with Crippen LogP contribution in [0.5, 0.6) is 0 Å². The predicted molar refractivity (Wildman–Crippen MR) is 107 cm³/mol. The number of likely N-dealkylation sites (tertiary alicyclic amines) is 1. The SMILES string of the molecule is CCC1(C)CCN(C(=NC)NCc2nccn2CC(C)C)C1.I. The third-order valence-corrected chi connectivity index (χ3v) is 4.69. The van der Waals surface area contributed by atoms with Gasteiger partial charge in [0.05, 0.1) is 6.54 Å². The van der Waals surface area contributed by atoms with E-state index in [1.54, 1.807) is 0 Å². The van der Waals surface area contributed by atoms with Gasteiger partial charge in [-0.1, -0.05) is 27.7 Å². The third-order valence-electron chi connectivity index (χ3n) is 4.69. The number of aromatic nitrogens is 2. The molecule has 1 aromatic rings. The van der Waals surface area contributed by atoms with Crippen LogP contribution in [-0.4, -0.2) is 40.5 Å². The molecule has 1 unspecified atom stereocenters. The molecule has 132 valence electrons. The number of halogens is 1. The lowest BCUT2D eigenvalue weighted by Gasteiger charge is -2.25. The summed E-state index contributed by atoms with van der Waals surface area (Å²) in [5, 5.41) is 3.48. The van der Waals surface area contributed by atoms with Crippen molar-refractivity contribution in [3.63, 3.8) is 0 Å². The van der Waals surface area contributed by atoms with Gasteiger partial charge < -0.3 is 14.8 Å². The molecule has 0 bridgehead atoms. The number of guanidine groups is 1. The Hall–Kier alpha value is -0.790. The zero-order chi connectivity index (χ0) is 16.2. The molecule has 1 atom stereocenters. The van der Waals surface area contributed by atoms with Crippen LogP contribution >= 0.6 is 24.0 Å². The maximum absolute atomic E-state index is 4.47. The van der Waals surface area contributed by atoms with Crippen molar-refractivity contribution < 1.29 is 0 Å². The molecule has 0 radical (unpaired) electrons. The van der Waals surface area contributed by atoms with Crippen molar-refractivity contribution in [2.75, 3.05) is 20.1 Å². The summed E-state index contributed by atoms with van der Waals surface area (Å²) in [5.41, 5.74) is 0.424. The summed E-state index contributed by atoms with van der Waals surface area (Å²) in [6.07, 6.45) is 6.40. The first-order valence-electron chi connectivity index (χ1n) is 8.43. The molecule has 1 aliphatic rings. The minimum absolute atomic E-state index is 0. The Bertz CT molecular complexity index is 511. The summed E-state index contributed by atoms with van der Waals surface area (Å²) in [4.78, 5) is 11.3. The highest BCUT2D eigenvalue weighted by molar-refractivity contribution is 14.0. The topological polar surface area (TPSA) is 45.4 Å². The predicted octanol–water partition coefficient (Wildman–Crippen LogP) is 3.35. The van der Waals surface area contributed by atoms with E-state index in [4.69, 9.17) is 0 Å². The lowest BCUT2D eigenvalue weighted by Crippen LogP contribution is -2.41. The Balaban J connectivity index is 0.00000264. The second kappa shape index (κ2) is 8.89. The zero-order valence-corrected chi connectivity index (χ0v) is 17.5. The van der Waals surface area contributed by atoms with Gasteiger partial charge in [-0.3, -0.25) is 4.99 Å². The van der Waals surface area contributed by atoms with Gasteiger partial charge in [0.1, 0.15) is 5.82 Å². The Kier molecular flexibility index (Phi) is 7.83. The second-order valence-electron chi connectivity index (χ2n) is 7.13. The van der Waals surface area contributed by atoms with Crippen molar-refractivity contribution in [3.05, 3.63) is 18.2 Å². The van der Waals surface area contributed by atoms with Crippen LogP contribution in [0.3, 0.4) is 0 Å². The number of hydrogen-bond donors (Lipinski definition) is 1. The maximum atomic E-state index is 4.47. The largest absolute Gasteiger partial charge is 0.349 e. The molecule has 0 spiro atoms. The molecule has 2 rings (SSSR count). The molecule has 1 aliphatic heterocycles. The smallest absolute Gasteiger partial charge is 0.194 e. The van der Waals surface area contributed by atoms with E-state index in [-0.39, 0.29) is 24.0 Å². The van der Waals surface area contributed by atoms with E-state index in [2.05, 4.69) is 58.7 Å². The molecule has 2 heterocycles. The number of hydrogen-bond acceptors (Lipinski definition) is 2. The molecule has 23 heavy (non-hydrogen) atoms. The number of aliphatic imine (C=N–C) groups is 1. The van der Waals surface area contributed by atoms with Gasteiger partial charge in [0.15, 0.2) is 5.96 Å². The molecule has 1 saturated heterocycles. The van der Waals surface area contributed by atoms with Gasteiger partial charge in [-0.2, -0.15) is 0 Å². The van der Waals surface area contributed by atoms with Crippen LogP contribution in [-0.2, 0) is 13.1 Å². The summed E-state index contributed by atoms with van der Waals surface area (Å²) in [6.45, 7) is 13.0. The van der Waals surface area contributed by atoms with E-state index in [0.29, 0.717) is 11.3 Å². The molecule has 6 heteroatoms. The van der Waals surface area contributed by atoms with Crippen LogP contribution in [0.15, 0.2) is 17.4 Å². The highest BCUT2D eigenvalue weighted by Gasteiger charge is 2.33. The van der Waals surface area contributed by atoms with E-state index < -0.39 is 0 Å². The fourth-order valence-electron chi connectivity index (χ4n) is 3.05. The Labute approximate surface area is 158 Å². The van der Waals surface area contributed by atoms with Crippen LogP contribution in [0.4, 0.5) is 0 Å². The van der Waals surface area contributed by atoms with E-state index in [1.165, 1.54) is 12.8 Å². The number of imidazole rings is 1. The first kappa shape index (κ1) is 20.3. The van der Waals surface area contributed by atoms with Gasteiger partial charge in [0.25, 0.3) is 0 Å². The molecular weight excluding hydrogens is 401 g/mol. The van der Waals surface area contributed by atoms with Gasteiger partial charge in [-0.05, 0) is 24.2 Å². The molecule has 5 nitrogen and oxygen atoms in total. The molecule has 1 N–H and O–H groups in total. The van der Waals surface area contributed by atoms with E-state index in [9.17, 15) is 0 Å². The number of rotatable bonds is 5. The Morgan fingerprint density at radius 2 is 2.22 bits per heavy atom. The molecule has 1 fully saturated rings. The van der Waals surface area contributed by atoms with Crippen molar-refractivity contribution in [1.82, 2.24) is 19.8 Å². The summed E-state index contributed by atoms with van der Waals surface area (Å²) in [5.74, 6) is 2.69. The third kappa shape index (κ3) is 5.36. The van der Waals surface area contributed by atoms with Crippen molar-refractivity contribution in [2.45, 2.75) is 53.6 Å². The first-order chi connectivity index (χ1) is 10.5. The van der Waals surface area contributed by atoms with Gasteiger partial charge >= 0.3 is 0 Å². The van der Waals surface area contributed by atoms with Gasteiger partial charge in [-0.15, -0.1) is 24.0 Å². The molecule has 0 aromatic carbocycles. The molecule has 1 aromatic heterocycles. The van der Waals surface area contributed by atoms with Gasteiger partial charge in [-0.25, -0.2) is 4.98 Å². The molecular formula is C17H32IN5.